The summed E-state index contributed by atoms with van der Waals surface area (Å²) >= 11 is 0. The van der Waals surface area contributed by atoms with Crippen LogP contribution in [0.2, 0.25) is 0 Å². The van der Waals surface area contributed by atoms with Gasteiger partial charge in [-0.2, -0.15) is 17.4 Å². The number of aliphatic carboxylic acids is 1. The first-order chi connectivity index (χ1) is 11.8. The van der Waals surface area contributed by atoms with E-state index >= 15 is 0 Å². The van der Waals surface area contributed by atoms with Crippen molar-refractivity contribution in [1.82, 2.24) is 13.9 Å². The van der Waals surface area contributed by atoms with Crippen LogP contribution in [0.4, 0.5) is 10.5 Å². The van der Waals surface area contributed by atoms with Gasteiger partial charge >= 0.3 is 12.0 Å². The van der Waals surface area contributed by atoms with Gasteiger partial charge in [0.2, 0.25) is 0 Å². The third-order valence-electron chi connectivity index (χ3n) is 4.37. The van der Waals surface area contributed by atoms with Gasteiger partial charge in [0.05, 0.1) is 0 Å². The summed E-state index contributed by atoms with van der Waals surface area (Å²) in [4.78, 5) is 24.9. The lowest BCUT2D eigenvalue weighted by Crippen LogP contribution is -2.56. The number of para-hydroxylation sites is 1. The quantitative estimate of drug-likeness (QED) is 0.690. The fourth-order valence-corrected chi connectivity index (χ4v) is 4.21. The zero-order valence-electron chi connectivity index (χ0n) is 13.5. The summed E-state index contributed by atoms with van der Waals surface area (Å²) < 4.78 is 28.2. The third kappa shape index (κ3) is 3.91. The Labute approximate surface area is 145 Å². The van der Waals surface area contributed by atoms with Crippen LogP contribution in [0.1, 0.15) is 12.8 Å². The lowest BCUT2D eigenvalue weighted by atomic mass is 10.3. The molecule has 2 fully saturated rings. The number of anilines is 1. The second kappa shape index (κ2) is 6.62. The minimum absolute atomic E-state index is 0.118. The van der Waals surface area contributed by atoms with E-state index < -0.39 is 21.7 Å². The summed E-state index contributed by atoms with van der Waals surface area (Å²) in [5.41, 5.74) is -0.693. The maximum Gasteiger partial charge on any atom is 0.324 e. The highest BCUT2D eigenvalue weighted by atomic mass is 32.2. The standard InChI is InChI=1S/C15H20N4O5S/c20-13(21)15(6-7-15)17-25(23,24)19-10-8-18(9-11-19)14(22)16-12-4-2-1-3-5-12/h1-5,17H,6-11H2,(H,16,22)(H,20,21). The summed E-state index contributed by atoms with van der Waals surface area (Å²) in [6, 6.07) is 8.70. The average molecular weight is 368 g/mol. The van der Waals surface area contributed by atoms with Crippen LogP contribution in [0, 0.1) is 0 Å². The van der Waals surface area contributed by atoms with Crippen LogP contribution in [0.25, 0.3) is 0 Å². The zero-order valence-corrected chi connectivity index (χ0v) is 14.3. The molecule has 0 unspecified atom stereocenters. The number of carboxylic acids is 1. The Hall–Kier alpha value is -2.17. The topological polar surface area (TPSA) is 119 Å². The summed E-state index contributed by atoms with van der Waals surface area (Å²) in [6.07, 6.45) is 0.585. The van der Waals surface area contributed by atoms with Crippen LogP contribution in [-0.4, -0.2) is 66.4 Å². The highest BCUT2D eigenvalue weighted by Crippen LogP contribution is 2.36. The Kier molecular flexibility index (Phi) is 4.67. The molecule has 0 radical (unpaired) electrons. The van der Waals surface area contributed by atoms with E-state index in [1.807, 2.05) is 18.2 Å². The Bertz CT molecular complexity index is 755. The molecule has 1 aliphatic heterocycles. The molecule has 1 saturated heterocycles. The number of amides is 2. The second-order valence-corrected chi connectivity index (χ2v) is 7.85. The van der Waals surface area contributed by atoms with E-state index in [1.165, 1.54) is 9.21 Å². The summed E-state index contributed by atoms with van der Waals surface area (Å²) in [5.74, 6) is -1.16. The molecular formula is C15H20N4O5S. The number of hydrogen-bond acceptors (Lipinski definition) is 4. The number of carboxylic acid groups (broad SMARTS) is 1. The molecule has 9 nitrogen and oxygen atoms in total. The van der Waals surface area contributed by atoms with Crippen LogP contribution in [-0.2, 0) is 15.0 Å². The lowest BCUT2D eigenvalue weighted by molar-refractivity contribution is -0.140. The van der Waals surface area contributed by atoms with E-state index in [9.17, 15) is 18.0 Å². The maximum atomic E-state index is 12.3. The van der Waals surface area contributed by atoms with Gasteiger partial charge < -0.3 is 15.3 Å². The monoisotopic (exact) mass is 368 g/mol. The second-order valence-electron chi connectivity index (χ2n) is 6.18. The number of hydrogen-bond donors (Lipinski definition) is 3. The van der Waals surface area contributed by atoms with E-state index in [2.05, 4.69) is 10.0 Å². The van der Waals surface area contributed by atoms with Gasteiger partial charge in [-0.1, -0.05) is 18.2 Å². The van der Waals surface area contributed by atoms with Gasteiger partial charge in [-0.15, -0.1) is 0 Å². The van der Waals surface area contributed by atoms with Crippen LogP contribution in [0.15, 0.2) is 30.3 Å². The largest absolute Gasteiger partial charge is 0.480 e. The first-order valence-corrected chi connectivity index (χ1v) is 9.40. The molecular weight excluding hydrogens is 348 g/mol. The fraction of sp³-hybridized carbons (Fsp3) is 0.467. The van der Waals surface area contributed by atoms with Gasteiger partial charge in [-0.3, -0.25) is 4.79 Å². The molecule has 0 bridgehead atoms. The molecule has 2 aliphatic rings. The lowest BCUT2D eigenvalue weighted by Gasteiger charge is -2.34. The van der Waals surface area contributed by atoms with Crippen LogP contribution >= 0.6 is 0 Å². The number of rotatable bonds is 5. The van der Waals surface area contributed by atoms with Gasteiger partial charge in [0, 0.05) is 31.9 Å². The number of carbonyl (C=O) groups excluding carboxylic acids is 1. The van der Waals surface area contributed by atoms with Gasteiger partial charge in [-0.05, 0) is 25.0 Å². The summed E-state index contributed by atoms with van der Waals surface area (Å²) in [7, 11) is -3.89. The van der Waals surface area contributed by atoms with Gasteiger partial charge in [-0.25, -0.2) is 4.79 Å². The van der Waals surface area contributed by atoms with Crippen molar-refractivity contribution < 1.29 is 23.1 Å². The van der Waals surface area contributed by atoms with Gasteiger partial charge in [0.1, 0.15) is 5.54 Å². The Morgan fingerprint density at radius 3 is 2.16 bits per heavy atom. The Morgan fingerprint density at radius 2 is 1.64 bits per heavy atom. The van der Waals surface area contributed by atoms with Crippen molar-refractivity contribution in [2.75, 3.05) is 31.5 Å². The molecule has 1 heterocycles. The van der Waals surface area contributed by atoms with E-state index in [-0.39, 0.29) is 32.2 Å². The van der Waals surface area contributed by atoms with Crippen molar-refractivity contribution >= 4 is 27.9 Å². The fourth-order valence-electron chi connectivity index (χ4n) is 2.65. The molecule has 0 atom stereocenters. The normalized spacial score (nSPS) is 20.1. The minimum Gasteiger partial charge on any atom is -0.480 e. The molecule has 25 heavy (non-hydrogen) atoms. The number of nitrogens with zero attached hydrogens (tertiary/aromatic N) is 2. The van der Waals surface area contributed by atoms with Crippen molar-refractivity contribution in [3.05, 3.63) is 30.3 Å². The Balaban J connectivity index is 1.54. The van der Waals surface area contributed by atoms with E-state index in [0.29, 0.717) is 18.5 Å². The Morgan fingerprint density at radius 1 is 1.04 bits per heavy atom. The predicted molar refractivity (Wildman–Crippen MR) is 90.3 cm³/mol. The van der Waals surface area contributed by atoms with Crippen LogP contribution < -0.4 is 10.0 Å². The first kappa shape index (κ1) is 17.6. The molecule has 1 aromatic rings. The van der Waals surface area contributed by atoms with Gasteiger partial charge in [0.25, 0.3) is 10.2 Å². The number of carbonyl (C=O) groups is 2. The SMILES string of the molecule is O=C(Nc1ccccc1)N1CCN(S(=O)(=O)NC2(C(=O)O)CC2)CC1. The van der Waals surface area contributed by atoms with Crippen molar-refractivity contribution in [1.29, 1.82) is 0 Å². The molecule has 2 amide bonds. The average Bonchev–Trinajstić information content (AvgIpc) is 3.36. The number of nitrogens with one attached hydrogen (secondary N) is 2. The van der Waals surface area contributed by atoms with E-state index in [1.54, 1.807) is 12.1 Å². The molecule has 10 heteroatoms. The molecule has 136 valence electrons. The molecule has 0 aromatic heterocycles. The first-order valence-electron chi connectivity index (χ1n) is 7.96. The van der Waals surface area contributed by atoms with E-state index in [4.69, 9.17) is 5.11 Å². The molecule has 3 rings (SSSR count). The van der Waals surface area contributed by atoms with Crippen molar-refractivity contribution in [3.8, 4) is 0 Å². The van der Waals surface area contributed by atoms with Gasteiger partial charge in [0.15, 0.2) is 0 Å². The van der Waals surface area contributed by atoms with Crippen LogP contribution in [0.3, 0.4) is 0 Å². The smallest absolute Gasteiger partial charge is 0.324 e. The molecule has 3 N–H and O–H groups in total. The van der Waals surface area contributed by atoms with Crippen LogP contribution in [0.5, 0.6) is 0 Å². The minimum atomic E-state index is -3.89. The van der Waals surface area contributed by atoms with Crippen molar-refractivity contribution in [2.24, 2.45) is 0 Å². The molecule has 1 aliphatic carbocycles. The molecule has 1 saturated carbocycles. The predicted octanol–water partition coefficient (Wildman–Crippen LogP) is 0.288. The molecule has 1 aromatic carbocycles. The highest BCUT2D eigenvalue weighted by molar-refractivity contribution is 7.87. The summed E-state index contributed by atoms with van der Waals surface area (Å²) in [5, 5.41) is 11.9. The number of benzene rings is 1. The number of piperazine rings is 1. The van der Waals surface area contributed by atoms with Crippen molar-refractivity contribution in [3.63, 3.8) is 0 Å². The van der Waals surface area contributed by atoms with Crippen molar-refractivity contribution in [2.45, 2.75) is 18.4 Å². The third-order valence-corrected chi connectivity index (χ3v) is 6.07. The molecule has 0 spiro atoms. The number of urea groups is 1. The van der Waals surface area contributed by atoms with E-state index in [0.717, 1.165) is 0 Å². The zero-order chi connectivity index (χ0) is 18.1. The summed E-state index contributed by atoms with van der Waals surface area (Å²) in [6.45, 7) is 0.708. The highest BCUT2D eigenvalue weighted by Gasteiger charge is 2.54. The maximum absolute atomic E-state index is 12.3.